The summed E-state index contributed by atoms with van der Waals surface area (Å²) in [6, 6.07) is 0.614. The highest BCUT2D eigenvalue weighted by Crippen LogP contribution is 2.21. The largest absolute Gasteiger partial charge is 0.383 e. The molecule has 0 bridgehead atoms. The Morgan fingerprint density at radius 2 is 1.95 bits per heavy atom. The molecule has 22 heavy (non-hydrogen) atoms. The first kappa shape index (κ1) is 17.2. The molecule has 2 rings (SSSR count). The lowest BCUT2D eigenvalue weighted by Crippen LogP contribution is -2.50. The predicted molar refractivity (Wildman–Crippen MR) is 84.3 cm³/mol. The Bertz CT molecular complexity index is 405. The molecule has 6 heteroatoms. The molecule has 0 saturated carbocycles. The molecule has 2 aliphatic heterocycles. The van der Waals surface area contributed by atoms with Crippen molar-refractivity contribution in [2.45, 2.75) is 70.7 Å². The molecule has 0 aromatic carbocycles. The first-order chi connectivity index (χ1) is 10.4. The fraction of sp³-hybridized carbons (Fsp3) is 0.875. The number of nitrogens with zero attached hydrogens (tertiary/aromatic N) is 2. The van der Waals surface area contributed by atoms with Crippen molar-refractivity contribution in [2.75, 3.05) is 19.6 Å². The van der Waals surface area contributed by atoms with Crippen molar-refractivity contribution in [3.8, 4) is 0 Å². The van der Waals surface area contributed by atoms with Gasteiger partial charge in [0.05, 0.1) is 0 Å². The van der Waals surface area contributed by atoms with Gasteiger partial charge in [-0.3, -0.25) is 14.5 Å². The average molecular weight is 311 g/mol. The van der Waals surface area contributed by atoms with Crippen LogP contribution in [0.4, 0.5) is 0 Å². The van der Waals surface area contributed by atoms with Crippen LogP contribution >= 0.6 is 0 Å². The van der Waals surface area contributed by atoms with Gasteiger partial charge in [-0.05, 0) is 40.0 Å². The molecule has 2 unspecified atom stereocenters. The van der Waals surface area contributed by atoms with Crippen LogP contribution in [0.1, 0.15) is 46.5 Å². The Hall–Kier alpha value is -1.14. The molecule has 0 radical (unpaired) electrons. The topological polar surface area (TPSA) is 72.9 Å². The highest BCUT2D eigenvalue weighted by molar-refractivity contribution is 5.90. The Labute approximate surface area is 132 Å². The average Bonchev–Trinajstić information content (AvgIpc) is 2.81. The van der Waals surface area contributed by atoms with E-state index in [4.69, 9.17) is 0 Å². The molecule has 2 amide bonds. The lowest BCUT2D eigenvalue weighted by molar-refractivity contribution is -0.141. The molecule has 2 saturated heterocycles. The lowest BCUT2D eigenvalue weighted by atomic mass is 9.98. The van der Waals surface area contributed by atoms with Gasteiger partial charge in [0.1, 0.15) is 12.1 Å². The molecular formula is C16H29N3O3. The normalized spacial score (nSPS) is 31.4. The molecule has 0 aliphatic carbocycles. The van der Waals surface area contributed by atoms with Gasteiger partial charge < -0.3 is 15.3 Å². The maximum atomic E-state index is 12.2. The molecular weight excluding hydrogens is 282 g/mol. The SMILES string of the molecule is CC(C(=O)NCCN1[C@H](C)CCC[C@@H]1C)N1CCC(O)C1=O. The highest BCUT2D eigenvalue weighted by atomic mass is 16.3. The van der Waals surface area contributed by atoms with Crippen LogP contribution in [-0.4, -0.2) is 70.6 Å². The van der Waals surface area contributed by atoms with Crippen LogP contribution in [0.3, 0.4) is 0 Å². The number of carbonyl (C=O) groups is 2. The standard InChI is InChI=1S/C16H29N3O3/c1-11-5-4-6-12(2)18(11)10-8-17-15(21)13(3)19-9-7-14(20)16(19)22/h11-14,20H,4-10H2,1-3H3,(H,17,21)/t11-,12+,13?,14?. The van der Waals surface area contributed by atoms with Crippen LogP contribution in [0.25, 0.3) is 0 Å². The number of amides is 2. The van der Waals surface area contributed by atoms with Gasteiger partial charge in [0.2, 0.25) is 5.91 Å². The number of nitrogens with one attached hydrogen (secondary N) is 1. The second kappa shape index (κ2) is 7.42. The fourth-order valence-electron chi connectivity index (χ4n) is 3.58. The first-order valence-corrected chi connectivity index (χ1v) is 8.43. The van der Waals surface area contributed by atoms with E-state index in [2.05, 4.69) is 24.1 Å². The molecule has 0 spiro atoms. The number of hydrogen-bond acceptors (Lipinski definition) is 4. The van der Waals surface area contributed by atoms with Gasteiger partial charge in [-0.1, -0.05) is 6.42 Å². The van der Waals surface area contributed by atoms with Gasteiger partial charge in [0.25, 0.3) is 5.91 Å². The number of hydrogen-bond donors (Lipinski definition) is 2. The monoisotopic (exact) mass is 311 g/mol. The zero-order chi connectivity index (χ0) is 16.3. The zero-order valence-corrected chi connectivity index (χ0v) is 13.9. The number of aliphatic hydroxyl groups excluding tert-OH is 1. The van der Waals surface area contributed by atoms with Gasteiger partial charge in [-0.25, -0.2) is 0 Å². The van der Waals surface area contributed by atoms with Crippen molar-refractivity contribution in [3.05, 3.63) is 0 Å². The summed E-state index contributed by atoms with van der Waals surface area (Å²) in [5, 5.41) is 12.4. The van der Waals surface area contributed by atoms with E-state index in [0.29, 0.717) is 31.6 Å². The minimum absolute atomic E-state index is 0.139. The predicted octanol–water partition coefficient (Wildman–Crippen LogP) is 0.347. The van der Waals surface area contributed by atoms with E-state index in [9.17, 15) is 14.7 Å². The molecule has 0 aromatic rings. The number of piperidine rings is 1. The minimum atomic E-state index is -0.940. The molecule has 4 atom stereocenters. The number of aliphatic hydroxyl groups is 1. The molecule has 2 heterocycles. The highest BCUT2D eigenvalue weighted by Gasteiger charge is 2.35. The smallest absolute Gasteiger partial charge is 0.252 e. The summed E-state index contributed by atoms with van der Waals surface area (Å²) in [5.74, 6) is -0.472. The van der Waals surface area contributed by atoms with Crippen LogP contribution in [0.15, 0.2) is 0 Å². The third-order valence-electron chi connectivity index (χ3n) is 5.10. The summed E-state index contributed by atoms with van der Waals surface area (Å²) < 4.78 is 0. The van der Waals surface area contributed by atoms with Crippen LogP contribution in [0.2, 0.25) is 0 Å². The molecule has 2 fully saturated rings. The maximum Gasteiger partial charge on any atom is 0.252 e. The van der Waals surface area contributed by atoms with Crippen molar-refractivity contribution in [2.24, 2.45) is 0 Å². The summed E-state index contributed by atoms with van der Waals surface area (Å²) in [4.78, 5) is 27.8. The minimum Gasteiger partial charge on any atom is -0.383 e. The Morgan fingerprint density at radius 1 is 1.32 bits per heavy atom. The molecule has 0 aromatic heterocycles. The first-order valence-electron chi connectivity index (χ1n) is 8.43. The van der Waals surface area contributed by atoms with Crippen molar-refractivity contribution in [1.29, 1.82) is 0 Å². The van der Waals surface area contributed by atoms with Gasteiger partial charge >= 0.3 is 0 Å². The number of likely N-dealkylation sites (tertiary alicyclic amines) is 2. The van der Waals surface area contributed by atoms with Gasteiger partial charge in [-0.15, -0.1) is 0 Å². The van der Waals surface area contributed by atoms with E-state index < -0.39 is 12.1 Å². The molecule has 2 aliphatic rings. The zero-order valence-electron chi connectivity index (χ0n) is 13.9. The number of rotatable bonds is 5. The fourth-order valence-corrected chi connectivity index (χ4v) is 3.58. The van der Waals surface area contributed by atoms with E-state index in [1.54, 1.807) is 6.92 Å². The van der Waals surface area contributed by atoms with E-state index in [1.807, 2.05) is 0 Å². The van der Waals surface area contributed by atoms with Crippen LogP contribution in [0.5, 0.6) is 0 Å². The Balaban J connectivity index is 1.76. The molecule has 2 N–H and O–H groups in total. The summed E-state index contributed by atoms with van der Waals surface area (Å²) >= 11 is 0. The van der Waals surface area contributed by atoms with Gasteiger partial charge in [0.15, 0.2) is 0 Å². The second-order valence-electron chi connectivity index (χ2n) is 6.67. The van der Waals surface area contributed by atoms with Crippen LogP contribution in [0, 0.1) is 0 Å². The van der Waals surface area contributed by atoms with Crippen molar-refractivity contribution >= 4 is 11.8 Å². The maximum absolute atomic E-state index is 12.2. The summed E-state index contributed by atoms with van der Waals surface area (Å²) in [5.41, 5.74) is 0. The van der Waals surface area contributed by atoms with Crippen LogP contribution < -0.4 is 5.32 Å². The van der Waals surface area contributed by atoms with Crippen molar-refractivity contribution < 1.29 is 14.7 Å². The summed E-state index contributed by atoms with van der Waals surface area (Å²) in [6.07, 6.45) is 3.19. The van der Waals surface area contributed by atoms with Crippen molar-refractivity contribution in [1.82, 2.24) is 15.1 Å². The van der Waals surface area contributed by atoms with Crippen LogP contribution in [-0.2, 0) is 9.59 Å². The van der Waals surface area contributed by atoms with Crippen molar-refractivity contribution in [3.63, 3.8) is 0 Å². The second-order valence-corrected chi connectivity index (χ2v) is 6.67. The van der Waals surface area contributed by atoms with Gasteiger partial charge in [0, 0.05) is 31.7 Å². The van der Waals surface area contributed by atoms with E-state index in [1.165, 1.54) is 24.2 Å². The quantitative estimate of drug-likeness (QED) is 0.768. The third kappa shape index (κ3) is 3.79. The summed E-state index contributed by atoms with van der Waals surface area (Å²) in [6.45, 7) is 8.10. The number of carbonyl (C=O) groups excluding carboxylic acids is 2. The lowest BCUT2D eigenvalue weighted by Gasteiger charge is -2.39. The Morgan fingerprint density at radius 3 is 2.50 bits per heavy atom. The van der Waals surface area contributed by atoms with E-state index in [-0.39, 0.29) is 11.8 Å². The van der Waals surface area contributed by atoms with E-state index >= 15 is 0 Å². The Kier molecular flexibility index (Phi) is 5.81. The summed E-state index contributed by atoms with van der Waals surface area (Å²) in [7, 11) is 0. The molecule has 6 nitrogen and oxygen atoms in total. The van der Waals surface area contributed by atoms with Gasteiger partial charge in [-0.2, -0.15) is 0 Å². The third-order valence-corrected chi connectivity index (χ3v) is 5.10. The van der Waals surface area contributed by atoms with E-state index in [0.717, 1.165) is 6.54 Å². The molecule has 126 valence electrons.